The van der Waals surface area contributed by atoms with Crippen LogP contribution >= 0.6 is 24.0 Å². The number of pyridine rings is 1. The number of amides is 1. The normalized spacial score (nSPS) is 18.3. The molecule has 3 heterocycles. The van der Waals surface area contributed by atoms with E-state index in [1.165, 1.54) is 16.7 Å². The van der Waals surface area contributed by atoms with Gasteiger partial charge in [-0.25, -0.2) is 0 Å². The van der Waals surface area contributed by atoms with Gasteiger partial charge in [-0.15, -0.1) is 6.58 Å². The van der Waals surface area contributed by atoms with Gasteiger partial charge < -0.3 is 9.80 Å². The number of nitrogens with zero attached hydrogens (tertiary/aromatic N) is 5. The number of anilines is 1. The van der Waals surface area contributed by atoms with Gasteiger partial charge in [-0.2, -0.15) is 5.26 Å². The van der Waals surface area contributed by atoms with E-state index in [9.17, 15) is 14.9 Å². The lowest BCUT2D eigenvalue weighted by atomic mass is 10.0. The predicted molar refractivity (Wildman–Crippen MR) is 139 cm³/mol. The standard InChI is InChI=1S/C24H31N5O2S2/c1-5-8-10-28-21(27-13-11-26(7-3)12-14-27)18(17(4)19(16-25)22(28)30)15-20-23(31)29(9-6-2)24(32)33-20/h6,15H,2,5,7-14H2,1,3-4H3. The summed E-state index contributed by atoms with van der Waals surface area (Å²) in [6.07, 6.45) is 5.23. The Labute approximate surface area is 205 Å². The molecular weight excluding hydrogens is 454 g/mol. The molecule has 0 unspecified atom stereocenters. The van der Waals surface area contributed by atoms with Crippen molar-refractivity contribution >= 4 is 46.1 Å². The number of thioether (sulfide) groups is 1. The van der Waals surface area contributed by atoms with Gasteiger partial charge in [0.1, 0.15) is 21.8 Å². The van der Waals surface area contributed by atoms with E-state index in [1.807, 2.05) is 6.08 Å². The lowest BCUT2D eigenvalue weighted by molar-refractivity contribution is -0.121. The van der Waals surface area contributed by atoms with E-state index in [1.54, 1.807) is 17.6 Å². The minimum absolute atomic E-state index is 0.134. The van der Waals surface area contributed by atoms with Crippen molar-refractivity contribution in [3.63, 3.8) is 0 Å². The molecule has 176 valence electrons. The van der Waals surface area contributed by atoms with Gasteiger partial charge in [-0.1, -0.05) is 50.3 Å². The van der Waals surface area contributed by atoms with Crippen molar-refractivity contribution in [1.82, 2.24) is 14.4 Å². The third kappa shape index (κ3) is 5.08. The number of carbonyl (C=O) groups is 1. The monoisotopic (exact) mass is 485 g/mol. The topological polar surface area (TPSA) is 72.6 Å². The van der Waals surface area contributed by atoms with Gasteiger partial charge in [0.05, 0.1) is 4.91 Å². The van der Waals surface area contributed by atoms with Gasteiger partial charge in [-0.05, 0) is 31.5 Å². The molecule has 0 spiro atoms. The Morgan fingerprint density at radius 1 is 1.21 bits per heavy atom. The second-order valence-electron chi connectivity index (χ2n) is 8.16. The van der Waals surface area contributed by atoms with E-state index in [0.29, 0.717) is 27.9 Å². The fourth-order valence-electron chi connectivity index (χ4n) is 4.20. The lowest BCUT2D eigenvalue weighted by Crippen LogP contribution is -2.48. The maximum absolute atomic E-state index is 13.3. The highest BCUT2D eigenvalue weighted by Crippen LogP contribution is 2.36. The molecule has 2 aliphatic heterocycles. The van der Waals surface area contributed by atoms with E-state index in [4.69, 9.17) is 12.2 Å². The van der Waals surface area contributed by atoms with Crippen LogP contribution in [-0.2, 0) is 11.3 Å². The molecule has 1 amide bonds. The molecule has 2 fully saturated rings. The quantitative estimate of drug-likeness (QED) is 0.318. The van der Waals surface area contributed by atoms with Crippen LogP contribution in [0.25, 0.3) is 6.08 Å². The molecule has 0 saturated carbocycles. The third-order valence-corrected chi connectivity index (χ3v) is 7.54. The number of unbranched alkanes of at least 4 members (excludes halogenated alkanes) is 1. The van der Waals surface area contributed by atoms with Crippen molar-refractivity contribution in [2.75, 3.05) is 44.2 Å². The Hall–Kier alpha value is -2.41. The summed E-state index contributed by atoms with van der Waals surface area (Å²) in [4.78, 5) is 33.0. The number of likely N-dealkylation sites (N-methyl/N-ethyl adjacent to an activating group) is 1. The average Bonchev–Trinajstić information content (AvgIpc) is 3.08. The van der Waals surface area contributed by atoms with Crippen LogP contribution in [0.4, 0.5) is 5.82 Å². The summed E-state index contributed by atoms with van der Waals surface area (Å²) in [6, 6.07) is 2.11. The summed E-state index contributed by atoms with van der Waals surface area (Å²) >= 11 is 6.65. The third-order valence-electron chi connectivity index (χ3n) is 6.16. The molecular formula is C24H31N5O2S2. The van der Waals surface area contributed by atoms with Gasteiger partial charge in [-0.3, -0.25) is 19.1 Å². The van der Waals surface area contributed by atoms with Gasteiger partial charge in [0.25, 0.3) is 11.5 Å². The molecule has 0 bridgehead atoms. The number of carbonyl (C=O) groups excluding carboxylic acids is 1. The molecule has 1 aromatic heterocycles. The molecule has 0 radical (unpaired) electrons. The Bertz CT molecular complexity index is 1080. The smallest absolute Gasteiger partial charge is 0.270 e. The summed E-state index contributed by atoms with van der Waals surface area (Å²) in [7, 11) is 0. The molecule has 0 atom stereocenters. The maximum atomic E-state index is 13.3. The second-order valence-corrected chi connectivity index (χ2v) is 9.84. The van der Waals surface area contributed by atoms with Crippen molar-refractivity contribution in [2.45, 2.75) is 40.2 Å². The molecule has 3 rings (SSSR count). The predicted octanol–water partition coefficient (Wildman–Crippen LogP) is 3.36. The molecule has 33 heavy (non-hydrogen) atoms. The summed E-state index contributed by atoms with van der Waals surface area (Å²) in [6.45, 7) is 15.0. The number of aromatic nitrogens is 1. The molecule has 0 N–H and O–H groups in total. The van der Waals surface area contributed by atoms with Gasteiger partial charge in [0.2, 0.25) is 0 Å². The second kappa shape index (κ2) is 11.1. The SMILES string of the molecule is C=CCN1C(=O)C(=Cc2c(C)c(C#N)c(=O)n(CCCC)c2N2CCN(CC)CC2)SC1=S. The number of thiocarbonyl (C=S) groups is 1. The van der Waals surface area contributed by atoms with Crippen LogP contribution in [0.5, 0.6) is 0 Å². The highest BCUT2D eigenvalue weighted by atomic mass is 32.2. The minimum Gasteiger partial charge on any atom is -0.355 e. The van der Waals surface area contributed by atoms with E-state index >= 15 is 0 Å². The fraction of sp³-hybridized carbons (Fsp3) is 0.500. The highest BCUT2D eigenvalue weighted by Gasteiger charge is 2.33. The van der Waals surface area contributed by atoms with Gasteiger partial charge in [0.15, 0.2) is 0 Å². The van der Waals surface area contributed by atoms with Crippen molar-refractivity contribution < 1.29 is 4.79 Å². The van der Waals surface area contributed by atoms with Gasteiger partial charge >= 0.3 is 0 Å². The number of hydrogen-bond donors (Lipinski definition) is 0. The first-order chi connectivity index (χ1) is 15.9. The van der Waals surface area contributed by atoms with Crippen LogP contribution in [-0.4, -0.2) is 63.9 Å². The number of nitriles is 1. The Kier molecular flexibility index (Phi) is 8.51. The zero-order valence-electron chi connectivity index (χ0n) is 19.6. The van der Waals surface area contributed by atoms with Crippen LogP contribution in [0.3, 0.4) is 0 Å². The molecule has 0 aromatic carbocycles. The maximum Gasteiger partial charge on any atom is 0.270 e. The zero-order chi connectivity index (χ0) is 24.1. The van der Waals surface area contributed by atoms with E-state index in [0.717, 1.165) is 56.9 Å². The van der Waals surface area contributed by atoms with Crippen molar-refractivity contribution in [3.8, 4) is 6.07 Å². The Balaban J connectivity index is 2.20. The van der Waals surface area contributed by atoms with Crippen molar-refractivity contribution in [2.24, 2.45) is 0 Å². The number of rotatable bonds is 8. The van der Waals surface area contributed by atoms with E-state index in [-0.39, 0.29) is 17.0 Å². The first-order valence-electron chi connectivity index (χ1n) is 11.4. The molecule has 1 aromatic rings. The highest BCUT2D eigenvalue weighted by molar-refractivity contribution is 8.26. The first kappa shape index (κ1) is 25.2. The fourth-order valence-corrected chi connectivity index (χ4v) is 5.46. The van der Waals surface area contributed by atoms with Crippen molar-refractivity contribution in [3.05, 3.63) is 44.6 Å². The summed E-state index contributed by atoms with van der Waals surface area (Å²) < 4.78 is 2.23. The molecule has 0 aliphatic carbocycles. The summed E-state index contributed by atoms with van der Waals surface area (Å²) in [5.41, 5.74) is 1.24. The summed E-state index contributed by atoms with van der Waals surface area (Å²) in [5.74, 6) is 0.630. The largest absolute Gasteiger partial charge is 0.355 e. The van der Waals surface area contributed by atoms with Crippen LogP contribution < -0.4 is 10.5 Å². The average molecular weight is 486 g/mol. The minimum atomic E-state index is -0.257. The van der Waals surface area contributed by atoms with Crippen LogP contribution in [0.1, 0.15) is 43.4 Å². The molecule has 2 aliphatic rings. The number of hydrogen-bond acceptors (Lipinski definition) is 7. The summed E-state index contributed by atoms with van der Waals surface area (Å²) in [5, 5.41) is 9.79. The number of piperazine rings is 1. The Morgan fingerprint density at radius 3 is 2.48 bits per heavy atom. The lowest BCUT2D eigenvalue weighted by Gasteiger charge is -2.37. The first-order valence-corrected chi connectivity index (χ1v) is 12.6. The van der Waals surface area contributed by atoms with Crippen LogP contribution in [0.2, 0.25) is 0 Å². The van der Waals surface area contributed by atoms with Gasteiger partial charge in [0, 0.05) is 44.8 Å². The van der Waals surface area contributed by atoms with Crippen molar-refractivity contribution in [1.29, 1.82) is 5.26 Å². The Morgan fingerprint density at radius 2 is 1.91 bits per heavy atom. The molecule has 7 nitrogen and oxygen atoms in total. The van der Waals surface area contributed by atoms with Crippen LogP contribution in [0.15, 0.2) is 22.4 Å². The zero-order valence-corrected chi connectivity index (χ0v) is 21.2. The van der Waals surface area contributed by atoms with Crippen LogP contribution in [0, 0.1) is 18.3 Å². The van der Waals surface area contributed by atoms with E-state index in [2.05, 4.69) is 36.3 Å². The molecule has 2 saturated heterocycles. The van der Waals surface area contributed by atoms with E-state index < -0.39 is 0 Å². The molecule has 9 heteroatoms.